The van der Waals surface area contributed by atoms with Gasteiger partial charge in [-0.05, 0) is 36.2 Å². The number of benzene rings is 2. The maximum atomic E-state index is 12.3. The van der Waals surface area contributed by atoms with E-state index in [4.69, 9.17) is 9.47 Å². The molecular weight excluding hydrogens is 402 g/mol. The lowest BCUT2D eigenvalue weighted by atomic mass is 10.1. The molecule has 0 atom stereocenters. The SMILES string of the molecule is COc1ccc(CCC(=O)Nc2nc(-c3ccc(NC(C)=O)cc3)cs2)cc1OC. The van der Waals surface area contributed by atoms with Crippen LogP contribution in [0.5, 0.6) is 11.5 Å². The first-order chi connectivity index (χ1) is 14.5. The first-order valence-electron chi connectivity index (χ1n) is 9.33. The monoisotopic (exact) mass is 425 g/mol. The van der Waals surface area contributed by atoms with Crippen LogP contribution in [0.4, 0.5) is 10.8 Å². The zero-order chi connectivity index (χ0) is 21.5. The van der Waals surface area contributed by atoms with Gasteiger partial charge in [0.1, 0.15) is 0 Å². The Morgan fingerprint density at radius 1 is 1.00 bits per heavy atom. The van der Waals surface area contributed by atoms with Crippen LogP contribution < -0.4 is 20.1 Å². The minimum absolute atomic E-state index is 0.105. The van der Waals surface area contributed by atoms with Gasteiger partial charge in [-0.2, -0.15) is 0 Å². The summed E-state index contributed by atoms with van der Waals surface area (Å²) in [5, 5.41) is 8.01. The number of anilines is 2. The number of nitrogens with one attached hydrogen (secondary N) is 2. The minimum atomic E-state index is -0.116. The molecule has 30 heavy (non-hydrogen) atoms. The molecule has 0 bridgehead atoms. The fourth-order valence-electron chi connectivity index (χ4n) is 2.87. The Bertz CT molecular complexity index is 1030. The zero-order valence-corrected chi connectivity index (χ0v) is 17.8. The summed E-state index contributed by atoms with van der Waals surface area (Å²) < 4.78 is 10.5. The maximum Gasteiger partial charge on any atom is 0.226 e. The summed E-state index contributed by atoms with van der Waals surface area (Å²) in [6.45, 7) is 1.47. The van der Waals surface area contributed by atoms with Crippen LogP contribution in [-0.4, -0.2) is 31.0 Å². The zero-order valence-electron chi connectivity index (χ0n) is 17.0. The number of hydrogen-bond donors (Lipinski definition) is 2. The fourth-order valence-corrected chi connectivity index (χ4v) is 3.60. The van der Waals surface area contributed by atoms with Gasteiger partial charge >= 0.3 is 0 Å². The van der Waals surface area contributed by atoms with Gasteiger partial charge in [0.2, 0.25) is 11.8 Å². The first kappa shape index (κ1) is 21.3. The third kappa shape index (κ3) is 5.57. The van der Waals surface area contributed by atoms with Gasteiger partial charge in [0.15, 0.2) is 16.6 Å². The Morgan fingerprint density at radius 2 is 1.73 bits per heavy atom. The number of thiazole rings is 1. The predicted octanol–water partition coefficient (Wildman–Crippen LogP) is 4.36. The van der Waals surface area contributed by atoms with E-state index in [1.54, 1.807) is 14.2 Å². The van der Waals surface area contributed by atoms with Crippen LogP contribution >= 0.6 is 11.3 Å². The van der Waals surface area contributed by atoms with Crippen molar-refractivity contribution >= 4 is 34.0 Å². The van der Waals surface area contributed by atoms with Gasteiger partial charge in [-0.15, -0.1) is 11.3 Å². The molecule has 1 aromatic heterocycles. The standard InChI is InChI=1S/C22H23N3O4S/c1-14(26)23-17-8-6-16(7-9-17)18-13-30-22(24-18)25-21(27)11-5-15-4-10-19(28-2)20(12-15)29-3/h4,6-10,12-13H,5,11H2,1-3H3,(H,23,26)(H,24,25,27). The predicted molar refractivity (Wildman–Crippen MR) is 118 cm³/mol. The van der Waals surface area contributed by atoms with Crippen LogP contribution in [0.2, 0.25) is 0 Å². The van der Waals surface area contributed by atoms with Crippen molar-refractivity contribution in [1.29, 1.82) is 0 Å². The van der Waals surface area contributed by atoms with E-state index in [1.165, 1.54) is 18.3 Å². The number of aromatic nitrogens is 1. The van der Waals surface area contributed by atoms with E-state index in [-0.39, 0.29) is 11.8 Å². The number of rotatable bonds is 8. The van der Waals surface area contributed by atoms with Gasteiger partial charge in [0.05, 0.1) is 19.9 Å². The number of ether oxygens (including phenoxy) is 2. The molecule has 0 fully saturated rings. The van der Waals surface area contributed by atoms with Gasteiger partial charge in [0.25, 0.3) is 0 Å². The molecule has 2 aromatic carbocycles. The van der Waals surface area contributed by atoms with Crippen molar-refractivity contribution in [3.8, 4) is 22.8 Å². The normalized spacial score (nSPS) is 10.4. The molecule has 8 heteroatoms. The molecular formula is C22H23N3O4S. The summed E-state index contributed by atoms with van der Waals surface area (Å²) in [6, 6.07) is 13.0. The van der Waals surface area contributed by atoms with Crippen molar-refractivity contribution in [2.75, 3.05) is 24.9 Å². The molecule has 0 unspecified atom stereocenters. The van der Waals surface area contributed by atoms with E-state index in [1.807, 2.05) is 47.8 Å². The summed E-state index contributed by atoms with van der Waals surface area (Å²) in [7, 11) is 3.17. The number of carbonyl (C=O) groups excluding carboxylic acids is 2. The molecule has 0 radical (unpaired) electrons. The van der Waals surface area contributed by atoms with Gasteiger partial charge in [-0.25, -0.2) is 4.98 Å². The molecule has 3 rings (SSSR count). The lowest BCUT2D eigenvalue weighted by molar-refractivity contribution is -0.116. The highest BCUT2D eigenvalue weighted by Gasteiger charge is 2.10. The number of methoxy groups -OCH3 is 2. The van der Waals surface area contributed by atoms with Gasteiger partial charge in [-0.1, -0.05) is 18.2 Å². The second kappa shape index (κ2) is 9.89. The molecule has 7 nitrogen and oxygen atoms in total. The second-order valence-corrected chi connectivity index (χ2v) is 7.39. The molecule has 0 saturated carbocycles. The summed E-state index contributed by atoms with van der Waals surface area (Å²) in [5.74, 6) is 1.08. The highest BCUT2D eigenvalue weighted by Crippen LogP contribution is 2.28. The molecule has 2 N–H and O–H groups in total. The molecule has 0 spiro atoms. The number of hydrogen-bond acceptors (Lipinski definition) is 6. The van der Waals surface area contributed by atoms with E-state index in [2.05, 4.69) is 15.6 Å². The van der Waals surface area contributed by atoms with Crippen molar-refractivity contribution in [1.82, 2.24) is 4.98 Å². The van der Waals surface area contributed by atoms with Crippen molar-refractivity contribution in [3.05, 3.63) is 53.4 Å². The molecule has 0 aliphatic heterocycles. The Morgan fingerprint density at radius 3 is 2.40 bits per heavy atom. The van der Waals surface area contributed by atoms with E-state index < -0.39 is 0 Å². The molecule has 3 aromatic rings. The first-order valence-corrected chi connectivity index (χ1v) is 10.2. The number of amides is 2. The quantitative estimate of drug-likeness (QED) is 0.560. The van der Waals surface area contributed by atoms with Crippen LogP contribution in [0.25, 0.3) is 11.3 Å². The summed E-state index contributed by atoms with van der Waals surface area (Å²) in [6.07, 6.45) is 0.908. The minimum Gasteiger partial charge on any atom is -0.493 e. The topological polar surface area (TPSA) is 89.5 Å². The van der Waals surface area contributed by atoms with Crippen LogP contribution in [0.15, 0.2) is 47.8 Å². The third-order valence-electron chi connectivity index (χ3n) is 4.34. The second-order valence-electron chi connectivity index (χ2n) is 6.53. The smallest absolute Gasteiger partial charge is 0.226 e. The average molecular weight is 426 g/mol. The largest absolute Gasteiger partial charge is 0.493 e. The van der Waals surface area contributed by atoms with Crippen LogP contribution in [-0.2, 0) is 16.0 Å². The number of aryl methyl sites for hydroxylation is 1. The Hall–Kier alpha value is -3.39. The van der Waals surface area contributed by atoms with Crippen molar-refractivity contribution < 1.29 is 19.1 Å². The van der Waals surface area contributed by atoms with E-state index in [0.717, 1.165) is 22.5 Å². The highest BCUT2D eigenvalue weighted by atomic mass is 32.1. The Labute approximate surface area is 179 Å². The van der Waals surface area contributed by atoms with Crippen molar-refractivity contribution in [2.45, 2.75) is 19.8 Å². The van der Waals surface area contributed by atoms with Crippen LogP contribution in [0.1, 0.15) is 18.9 Å². The summed E-state index contributed by atoms with van der Waals surface area (Å²) in [4.78, 5) is 27.9. The third-order valence-corrected chi connectivity index (χ3v) is 5.10. The lowest BCUT2D eigenvalue weighted by Gasteiger charge is -2.09. The van der Waals surface area contributed by atoms with Gasteiger partial charge in [-0.3, -0.25) is 9.59 Å². The maximum absolute atomic E-state index is 12.3. The number of nitrogens with zero attached hydrogens (tertiary/aromatic N) is 1. The van der Waals surface area contributed by atoms with E-state index in [9.17, 15) is 9.59 Å². The number of carbonyl (C=O) groups is 2. The molecule has 0 saturated heterocycles. The van der Waals surface area contributed by atoms with Gasteiger partial charge in [0, 0.05) is 30.0 Å². The van der Waals surface area contributed by atoms with E-state index >= 15 is 0 Å². The van der Waals surface area contributed by atoms with Crippen molar-refractivity contribution in [3.63, 3.8) is 0 Å². The molecule has 0 aliphatic rings. The average Bonchev–Trinajstić information content (AvgIpc) is 3.20. The van der Waals surface area contributed by atoms with Crippen molar-refractivity contribution in [2.24, 2.45) is 0 Å². The molecule has 156 valence electrons. The summed E-state index contributed by atoms with van der Waals surface area (Å²) in [5.41, 5.74) is 3.39. The summed E-state index contributed by atoms with van der Waals surface area (Å²) >= 11 is 1.37. The Balaban J connectivity index is 1.56. The van der Waals surface area contributed by atoms with Crippen LogP contribution in [0, 0.1) is 0 Å². The van der Waals surface area contributed by atoms with Crippen LogP contribution in [0.3, 0.4) is 0 Å². The van der Waals surface area contributed by atoms with Gasteiger partial charge < -0.3 is 20.1 Å². The van der Waals surface area contributed by atoms with E-state index in [0.29, 0.717) is 29.5 Å². The Kier molecular flexibility index (Phi) is 7.03. The molecule has 1 heterocycles. The molecule has 2 amide bonds. The fraction of sp³-hybridized carbons (Fsp3) is 0.227. The lowest BCUT2D eigenvalue weighted by Crippen LogP contribution is -2.12. The molecule has 0 aliphatic carbocycles. The highest BCUT2D eigenvalue weighted by molar-refractivity contribution is 7.14.